The van der Waals surface area contributed by atoms with Crippen LogP contribution in [-0.2, 0) is 27.9 Å². The fraction of sp³-hybridized carbons (Fsp3) is 0.464. The predicted octanol–water partition coefficient (Wildman–Crippen LogP) is 3.84. The van der Waals surface area contributed by atoms with E-state index in [1.54, 1.807) is 11.6 Å². The smallest absolute Gasteiger partial charge is 0.306 e. The summed E-state index contributed by atoms with van der Waals surface area (Å²) in [5, 5.41) is 0. The number of anilines is 1. The molecular weight excluding hydrogens is 458 g/mol. The molecular formula is C28H33N3O5. The molecule has 190 valence electrons. The lowest BCUT2D eigenvalue weighted by atomic mass is 9.85. The Balaban J connectivity index is 1.23. The van der Waals surface area contributed by atoms with Crippen LogP contribution in [-0.4, -0.2) is 47.9 Å². The highest BCUT2D eigenvalue weighted by Crippen LogP contribution is 2.35. The van der Waals surface area contributed by atoms with Crippen LogP contribution in [0.2, 0.25) is 0 Å². The van der Waals surface area contributed by atoms with Gasteiger partial charge in [-0.3, -0.25) is 9.59 Å². The van der Waals surface area contributed by atoms with Gasteiger partial charge in [0.05, 0.1) is 31.0 Å². The molecule has 36 heavy (non-hydrogen) atoms. The van der Waals surface area contributed by atoms with Crippen molar-refractivity contribution in [1.82, 2.24) is 9.55 Å². The molecule has 2 heterocycles. The molecule has 0 unspecified atom stereocenters. The molecule has 0 N–H and O–H groups in total. The minimum Gasteiger partial charge on any atom is -0.488 e. The third kappa shape index (κ3) is 5.70. The number of ether oxygens (including phenoxy) is 3. The third-order valence-corrected chi connectivity index (χ3v) is 7.18. The van der Waals surface area contributed by atoms with Crippen LogP contribution in [0.15, 0.2) is 53.5 Å². The monoisotopic (exact) mass is 491 g/mol. The fourth-order valence-electron chi connectivity index (χ4n) is 5.10. The second kappa shape index (κ2) is 11.1. The van der Waals surface area contributed by atoms with Gasteiger partial charge in [0.1, 0.15) is 17.9 Å². The second-order valence-electron chi connectivity index (χ2n) is 9.68. The van der Waals surface area contributed by atoms with E-state index < -0.39 is 0 Å². The summed E-state index contributed by atoms with van der Waals surface area (Å²) in [6.07, 6.45) is 5.35. The molecule has 0 bridgehead atoms. The first-order valence-electron chi connectivity index (χ1n) is 12.8. The summed E-state index contributed by atoms with van der Waals surface area (Å²) >= 11 is 0. The molecule has 1 aliphatic heterocycles. The number of aryl methyl sites for hydroxylation is 1. The number of carbonyl (C=O) groups excluding carboxylic acids is 1. The lowest BCUT2D eigenvalue weighted by Gasteiger charge is -2.31. The predicted molar refractivity (Wildman–Crippen MR) is 137 cm³/mol. The Morgan fingerprint density at radius 1 is 1.08 bits per heavy atom. The number of morpholine rings is 1. The number of aromatic nitrogens is 2. The largest absolute Gasteiger partial charge is 0.488 e. The number of rotatable bonds is 7. The first kappa shape index (κ1) is 24.3. The molecule has 1 saturated heterocycles. The van der Waals surface area contributed by atoms with Crippen LogP contribution in [0.1, 0.15) is 37.7 Å². The van der Waals surface area contributed by atoms with Gasteiger partial charge in [0.2, 0.25) is 0 Å². The second-order valence-corrected chi connectivity index (χ2v) is 9.68. The van der Waals surface area contributed by atoms with Gasteiger partial charge in [-0.15, -0.1) is 0 Å². The van der Waals surface area contributed by atoms with Crippen molar-refractivity contribution in [3.8, 4) is 5.75 Å². The zero-order chi connectivity index (χ0) is 24.9. The van der Waals surface area contributed by atoms with E-state index in [0.29, 0.717) is 43.4 Å². The molecule has 1 aromatic heterocycles. The zero-order valence-corrected chi connectivity index (χ0v) is 20.7. The van der Waals surface area contributed by atoms with Crippen molar-refractivity contribution in [3.63, 3.8) is 0 Å². The molecule has 0 radical (unpaired) electrons. The van der Waals surface area contributed by atoms with Gasteiger partial charge in [0, 0.05) is 38.3 Å². The van der Waals surface area contributed by atoms with E-state index in [1.165, 1.54) is 6.20 Å². The molecule has 0 amide bonds. The molecule has 2 aromatic carbocycles. The lowest BCUT2D eigenvalue weighted by molar-refractivity contribution is -0.146. The Kier molecular flexibility index (Phi) is 7.51. The third-order valence-electron chi connectivity index (χ3n) is 7.18. The normalized spacial score (nSPS) is 20.3. The van der Waals surface area contributed by atoms with E-state index >= 15 is 0 Å². The number of esters is 1. The Morgan fingerprint density at radius 3 is 2.58 bits per heavy atom. The van der Waals surface area contributed by atoms with Gasteiger partial charge in [-0.2, -0.15) is 0 Å². The summed E-state index contributed by atoms with van der Waals surface area (Å²) in [4.78, 5) is 31.4. The number of hydrogen-bond donors (Lipinski definition) is 0. The Hall–Kier alpha value is -3.39. The molecule has 8 heteroatoms. The summed E-state index contributed by atoms with van der Waals surface area (Å²) in [6, 6.07) is 13.8. The van der Waals surface area contributed by atoms with Gasteiger partial charge >= 0.3 is 5.97 Å². The summed E-state index contributed by atoms with van der Waals surface area (Å²) < 4.78 is 19.1. The van der Waals surface area contributed by atoms with E-state index in [9.17, 15) is 9.59 Å². The zero-order valence-electron chi connectivity index (χ0n) is 20.7. The van der Waals surface area contributed by atoms with Crippen LogP contribution >= 0.6 is 0 Å². The maximum absolute atomic E-state index is 12.4. The highest BCUT2D eigenvalue weighted by Gasteiger charge is 2.26. The van der Waals surface area contributed by atoms with Crippen LogP contribution in [0.4, 0.5) is 5.69 Å². The minimum absolute atomic E-state index is 0.0278. The first-order valence-corrected chi connectivity index (χ1v) is 12.8. The summed E-state index contributed by atoms with van der Waals surface area (Å²) in [5.74, 6) is 0.844. The van der Waals surface area contributed by atoms with Crippen molar-refractivity contribution >= 4 is 22.7 Å². The molecule has 0 atom stereocenters. The molecule has 3 aromatic rings. The topological polar surface area (TPSA) is 82.9 Å². The van der Waals surface area contributed by atoms with Gasteiger partial charge < -0.3 is 23.7 Å². The van der Waals surface area contributed by atoms with Gasteiger partial charge in [-0.25, -0.2) is 4.98 Å². The average Bonchev–Trinajstić information content (AvgIpc) is 2.91. The van der Waals surface area contributed by atoms with Crippen LogP contribution in [0.5, 0.6) is 5.75 Å². The van der Waals surface area contributed by atoms with E-state index in [4.69, 9.17) is 14.2 Å². The Labute approximate surface area is 210 Å². The average molecular weight is 492 g/mol. The van der Waals surface area contributed by atoms with Gasteiger partial charge in [-0.05, 0) is 43.2 Å². The maximum Gasteiger partial charge on any atom is 0.306 e. The van der Waals surface area contributed by atoms with Gasteiger partial charge in [0.25, 0.3) is 5.56 Å². The van der Waals surface area contributed by atoms with Crippen molar-refractivity contribution in [2.45, 2.75) is 44.8 Å². The summed E-state index contributed by atoms with van der Waals surface area (Å²) in [5.41, 5.74) is 3.32. The molecule has 5 rings (SSSR count). The van der Waals surface area contributed by atoms with E-state index in [0.717, 1.165) is 55.5 Å². The first-order chi connectivity index (χ1) is 17.6. The molecule has 1 aliphatic carbocycles. The lowest BCUT2D eigenvalue weighted by Crippen LogP contribution is -2.36. The van der Waals surface area contributed by atoms with Crippen molar-refractivity contribution in [3.05, 3.63) is 64.6 Å². The quantitative estimate of drug-likeness (QED) is 0.465. The van der Waals surface area contributed by atoms with Crippen molar-refractivity contribution in [1.29, 1.82) is 0 Å². The molecule has 2 fully saturated rings. The van der Waals surface area contributed by atoms with Crippen LogP contribution in [0.3, 0.4) is 0 Å². The summed E-state index contributed by atoms with van der Waals surface area (Å²) in [7, 11) is 1.76. The van der Waals surface area contributed by atoms with Crippen LogP contribution in [0, 0.1) is 5.92 Å². The van der Waals surface area contributed by atoms with Crippen molar-refractivity contribution in [2.75, 3.05) is 31.2 Å². The van der Waals surface area contributed by atoms with E-state index in [1.807, 2.05) is 42.5 Å². The molecule has 8 nitrogen and oxygen atoms in total. The van der Waals surface area contributed by atoms with Gasteiger partial charge in [0.15, 0.2) is 0 Å². The van der Waals surface area contributed by atoms with E-state index in [2.05, 4.69) is 9.88 Å². The van der Waals surface area contributed by atoms with Crippen LogP contribution < -0.4 is 15.2 Å². The van der Waals surface area contributed by atoms with Gasteiger partial charge in [-0.1, -0.05) is 30.3 Å². The number of nitrogens with zero attached hydrogens (tertiary/aromatic N) is 3. The molecule has 0 spiro atoms. The number of fused-ring (bicyclic) bond motifs is 1. The number of benzene rings is 2. The standard InChI is InChI=1S/C28H33N3O5/c1-30-26(32)18-29-24-16-22(31-11-13-34-14-12-31)17-25(28(24)30)36-23-9-7-20(8-10-23)15-27(33)35-19-21-5-3-2-4-6-21/h2-6,16-18,20,23H,7-15,19H2,1H3. The highest BCUT2D eigenvalue weighted by molar-refractivity contribution is 5.86. The SMILES string of the molecule is Cn1c(=O)cnc2cc(N3CCOCC3)cc(OC3CCC(CC(=O)OCc4ccccc4)CC3)c21. The highest BCUT2D eigenvalue weighted by atomic mass is 16.5. The maximum atomic E-state index is 12.4. The fourth-order valence-corrected chi connectivity index (χ4v) is 5.10. The molecule has 2 aliphatic rings. The van der Waals surface area contributed by atoms with E-state index in [-0.39, 0.29) is 17.6 Å². The molecule has 1 saturated carbocycles. The van der Waals surface area contributed by atoms with Crippen molar-refractivity contribution < 1.29 is 19.0 Å². The van der Waals surface area contributed by atoms with Crippen molar-refractivity contribution in [2.24, 2.45) is 13.0 Å². The van der Waals surface area contributed by atoms with Crippen LogP contribution in [0.25, 0.3) is 11.0 Å². The minimum atomic E-state index is -0.163. The number of carbonyl (C=O) groups is 1. The Bertz CT molecular complexity index is 1250. The Morgan fingerprint density at radius 2 is 1.83 bits per heavy atom. The number of hydrogen-bond acceptors (Lipinski definition) is 7. The summed E-state index contributed by atoms with van der Waals surface area (Å²) in [6.45, 7) is 3.31.